The molecule has 0 N–H and O–H groups in total. The van der Waals surface area contributed by atoms with E-state index in [0.717, 1.165) is 0 Å². The average molecular weight is 180 g/mol. The van der Waals surface area contributed by atoms with Crippen LogP contribution in [0.2, 0.25) is 0 Å². The van der Waals surface area contributed by atoms with Crippen LogP contribution in [-0.4, -0.2) is 0 Å². The van der Waals surface area contributed by atoms with Crippen molar-refractivity contribution >= 4 is 0 Å². The van der Waals surface area contributed by atoms with Gasteiger partial charge in [-0.05, 0) is 0 Å². The molecule has 0 spiro atoms. The van der Waals surface area contributed by atoms with Crippen molar-refractivity contribution in [1.82, 2.24) is 0 Å². The fourth-order valence-corrected chi connectivity index (χ4v) is 1.10. The Labute approximate surface area is 115 Å². The summed E-state index contributed by atoms with van der Waals surface area (Å²) in [4.78, 5) is 0. The zero-order valence-electron chi connectivity index (χ0n) is 8.53. The fourth-order valence-electron chi connectivity index (χ4n) is 1.10. The first kappa shape index (κ1) is 15.1. The van der Waals surface area contributed by atoms with E-state index in [4.69, 9.17) is 0 Å². The van der Waals surface area contributed by atoms with E-state index in [9.17, 15) is 0 Å². The maximum atomic E-state index is 3.96. The van der Waals surface area contributed by atoms with Gasteiger partial charge in [0.25, 0.3) is 0 Å². The number of unbranched alkanes of at least 4 members (excludes halogenated alkanes) is 4. The van der Waals surface area contributed by atoms with E-state index >= 15 is 0 Å². The van der Waals surface area contributed by atoms with Gasteiger partial charge in [-0.1, -0.05) is 52.4 Å². The Hall–Kier alpha value is 1.64. The van der Waals surface area contributed by atoms with Gasteiger partial charge in [-0.2, -0.15) is 5.92 Å². The molecule has 0 bridgehead atoms. The molecule has 0 aromatic rings. The zero-order valence-corrected chi connectivity index (χ0v) is 11.7. The van der Waals surface area contributed by atoms with Gasteiger partial charge in [0.15, 0.2) is 0 Å². The van der Waals surface area contributed by atoms with Gasteiger partial charge in [0.1, 0.15) is 0 Å². The third-order valence-electron chi connectivity index (χ3n) is 1.80. The molecule has 62 valence electrons. The van der Waals surface area contributed by atoms with Gasteiger partial charge in [0, 0.05) is 0 Å². The summed E-state index contributed by atoms with van der Waals surface area (Å²) in [5, 5.41) is 0. The second kappa shape index (κ2) is 11.6. The molecule has 1 atom stereocenters. The summed E-state index contributed by atoms with van der Waals surface area (Å²) < 4.78 is 0. The second-order valence-corrected chi connectivity index (χ2v) is 3.31. The molecule has 0 nitrogen and oxygen atoms in total. The molecule has 0 heterocycles. The third-order valence-corrected chi connectivity index (χ3v) is 1.80. The maximum absolute atomic E-state index is 3.96. The van der Waals surface area contributed by atoms with E-state index < -0.39 is 0 Å². The molecule has 0 rings (SSSR count). The molecule has 0 aromatic carbocycles. The van der Waals surface area contributed by atoms with Crippen molar-refractivity contribution in [1.29, 1.82) is 0 Å². The first-order valence-electron chi connectivity index (χ1n) is 4.60. The SMILES string of the molecule is [CH2-]C(C)CCCCCCC.[K+]. The van der Waals surface area contributed by atoms with Crippen LogP contribution in [0.4, 0.5) is 0 Å². The largest absolute Gasteiger partial charge is 1.00 e. The molecule has 11 heavy (non-hydrogen) atoms. The van der Waals surface area contributed by atoms with Crippen molar-refractivity contribution in [2.24, 2.45) is 5.92 Å². The molecule has 1 heteroatoms. The van der Waals surface area contributed by atoms with Gasteiger partial charge in [0.05, 0.1) is 0 Å². The zero-order chi connectivity index (χ0) is 7.82. The average Bonchev–Trinajstić information content (AvgIpc) is 1.87. The first-order valence-corrected chi connectivity index (χ1v) is 4.60. The minimum Gasteiger partial charge on any atom is -0.341 e. The van der Waals surface area contributed by atoms with Crippen molar-refractivity contribution in [3.8, 4) is 0 Å². The van der Waals surface area contributed by atoms with Gasteiger partial charge < -0.3 is 6.92 Å². The molecule has 0 fully saturated rings. The predicted molar refractivity (Wildman–Crippen MR) is 47.9 cm³/mol. The van der Waals surface area contributed by atoms with Crippen molar-refractivity contribution in [3.63, 3.8) is 0 Å². The first-order chi connectivity index (χ1) is 4.77. The number of rotatable bonds is 6. The Morgan fingerprint density at radius 3 is 2.09 bits per heavy atom. The van der Waals surface area contributed by atoms with Crippen LogP contribution in [0.3, 0.4) is 0 Å². The molecule has 0 aliphatic carbocycles. The van der Waals surface area contributed by atoms with E-state index in [1.165, 1.54) is 38.5 Å². The molecule has 0 saturated carbocycles. The van der Waals surface area contributed by atoms with Crippen LogP contribution >= 0.6 is 0 Å². The molecule has 1 unspecified atom stereocenters. The van der Waals surface area contributed by atoms with Crippen LogP contribution in [0.25, 0.3) is 0 Å². The van der Waals surface area contributed by atoms with Crippen LogP contribution in [0.1, 0.15) is 52.4 Å². The van der Waals surface area contributed by atoms with Gasteiger partial charge in [-0.3, -0.25) is 0 Å². The van der Waals surface area contributed by atoms with Crippen molar-refractivity contribution in [2.45, 2.75) is 52.4 Å². The molecular formula is C10H21K. The van der Waals surface area contributed by atoms with Crippen LogP contribution < -0.4 is 51.4 Å². The summed E-state index contributed by atoms with van der Waals surface area (Å²) in [6.07, 6.45) is 8.27. The van der Waals surface area contributed by atoms with Crippen LogP contribution in [-0.2, 0) is 0 Å². The molecule has 0 aliphatic rings. The Balaban J connectivity index is 0. The van der Waals surface area contributed by atoms with Crippen molar-refractivity contribution in [3.05, 3.63) is 6.92 Å². The Kier molecular flexibility index (Phi) is 16.0. The van der Waals surface area contributed by atoms with Crippen LogP contribution in [0, 0.1) is 12.8 Å². The minimum atomic E-state index is 0. The monoisotopic (exact) mass is 180 g/mol. The van der Waals surface area contributed by atoms with E-state index in [0.29, 0.717) is 5.92 Å². The minimum absolute atomic E-state index is 0. The number of hydrogen-bond acceptors (Lipinski definition) is 0. The predicted octanol–water partition coefficient (Wildman–Crippen LogP) is 0.821. The van der Waals surface area contributed by atoms with Gasteiger partial charge >= 0.3 is 51.4 Å². The standard InChI is InChI=1S/C10H21.K/c1-4-5-6-7-8-9-10(2)3;/h10H,2,4-9H2,1,3H3;/q-1;+1. The van der Waals surface area contributed by atoms with Crippen LogP contribution in [0.5, 0.6) is 0 Å². The van der Waals surface area contributed by atoms with E-state index in [2.05, 4.69) is 20.8 Å². The van der Waals surface area contributed by atoms with Gasteiger partial charge in [-0.15, -0.1) is 0 Å². The summed E-state index contributed by atoms with van der Waals surface area (Å²) in [5.74, 6) is 0.654. The molecule has 0 aliphatic heterocycles. The molecular weight excluding hydrogens is 159 g/mol. The van der Waals surface area contributed by atoms with E-state index in [1.807, 2.05) is 0 Å². The second-order valence-electron chi connectivity index (χ2n) is 3.31. The van der Waals surface area contributed by atoms with E-state index in [1.54, 1.807) is 0 Å². The fraction of sp³-hybridized carbons (Fsp3) is 0.900. The number of hydrogen-bond donors (Lipinski definition) is 0. The summed E-state index contributed by atoms with van der Waals surface area (Å²) in [7, 11) is 0. The summed E-state index contributed by atoms with van der Waals surface area (Å²) in [5.41, 5.74) is 0. The van der Waals surface area contributed by atoms with Crippen molar-refractivity contribution < 1.29 is 51.4 Å². The quantitative estimate of drug-likeness (QED) is 0.322. The maximum Gasteiger partial charge on any atom is 1.00 e. The molecule has 0 aromatic heterocycles. The molecule has 0 saturated heterocycles. The summed E-state index contributed by atoms with van der Waals surface area (Å²) in [6, 6.07) is 0. The van der Waals surface area contributed by atoms with Gasteiger partial charge in [-0.25, -0.2) is 0 Å². The van der Waals surface area contributed by atoms with Gasteiger partial charge in [0.2, 0.25) is 0 Å². The smallest absolute Gasteiger partial charge is 0.341 e. The normalized spacial score (nSPS) is 12.3. The topological polar surface area (TPSA) is 0 Å². The third kappa shape index (κ3) is 14.5. The Morgan fingerprint density at radius 2 is 1.64 bits per heavy atom. The summed E-state index contributed by atoms with van der Waals surface area (Å²) in [6.45, 7) is 8.40. The summed E-state index contributed by atoms with van der Waals surface area (Å²) >= 11 is 0. The molecule has 0 radical (unpaired) electrons. The Bertz CT molecular complexity index is 59.9. The van der Waals surface area contributed by atoms with Crippen molar-refractivity contribution in [2.75, 3.05) is 0 Å². The van der Waals surface area contributed by atoms with Crippen LogP contribution in [0.15, 0.2) is 0 Å². The van der Waals surface area contributed by atoms with E-state index in [-0.39, 0.29) is 51.4 Å². The molecule has 0 amide bonds. The Morgan fingerprint density at radius 1 is 1.09 bits per heavy atom.